The summed E-state index contributed by atoms with van der Waals surface area (Å²) in [7, 11) is -13.5. The summed E-state index contributed by atoms with van der Waals surface area (Å²) < 4.78 is 109. The Bertz CT molecular complexity index is 2820. The summed E-state index contributed by atoms with van der Waals surface area (Å²) >= 11 is 25.1. The van der Waals surface area contributed by atoms with E-state index in [2.05, 4.69) is 40.7 Å². The summed E-state index contributed by atoms with van der Waals surface area (Å²) in [5.41, 5.74) is 1.55. The number of azo groups is 2. The number of aromatic nitrogens is 3. The van der Waals surface area contributed by atoms with Crippen molar-refractivity contribution in [2.24, 2.45) is 20.5 Å². The molecule has 0 spiro atoms. The SMILES string of the molecule is CCOc1cc(N=Nc2ccc(Cl)cc2)c(Cl)cc1Cc1nc(Cc2cc(Cl)c(N=Nc3ccc(Cl)c(S(=O)(=O)O)c3)cc2OCCS(=O)(=O)O)nc(NCCS(=O)(=O)O)n1. The molecule has 61 heavy (non-hydrogen) atoms. The van der Waals surface area contributed by atoms with Crippen molar-refractivity contribution in [3.63, 3.8) is 0 Å². The third kappa shape index (κ3) is 14.8. The van der Waals surface area contributed by atoms with Crippen molar-refractivity contribution in [3.05, 3.63) is 110 Å². The molecule has 0 saturated carbocycles. The number of nitrogens with zero attached hydrogens (tertiary/aromatic N) is 7. The first-order valence-corrected chi connectivity index (χ1v) is 23.5. The Hall–Kier alpha value is -4.62. The lowest BCUT2D eigenvalue weighted by molar-refractivity contribution is 0.333. The van der Waals surface area contributed by atoms with Gasteiger partial charge in [-0.3, -0.25) is 13.7 Å². The Labute approximate surface area is 369 Å². The fraction of sp³-hybridized carbons (Fsp3) is 0.229. The smallest absolute Gasteiger partial charge is 0.296 e. The quantitative estimate of drug-likeness (QED) is 0.0444. The number of rotatable bonds is 19. The van der Waals surface area contributed by atoms with Crippen molar-refractivity contribution >= 4 is 105 Å². The molecule has 0 unspecified atom stereocenters. The number of benzene rings is 4. The second-order valence-electron chi connectivity index (χ2n) is 12.4. The van der Waals surface area contributed by atoms with Crippen molar-refractivity contribution in [2.75, 3.05) is 36.6 Å². The van der Waals surface area contributed by atoms with Crippen LogP contribution in [0.3, 0.4) is 0 Å². The van der Waals surface area contributed by atoms with E-state index in [1.54, 1.807) is 43.3 Å². The molecule has 5 rings (SSSR count). The molecule has 324 valence electrons. The summed E-state index contributed by atoms with van der Waals surface area (Å²) in [5, 5.41) is 19.7. The highest BCUT2D eigenvalue weighted by Crippen LogP contribution is 2.37. The highest BCUT2D eigenvalue weighted by atomic mass is 35.5. The molecule has 4 aromatic carbocycles. The fourth-order valence-corrected chi connectivity index (χ4v) is 7.32. The number of anilines is 1. The molecule has 4 N–H and O–H groups in total. The second kappa shape index (κ2) is 20.5. The first-order valence-electron chi connectivity index (χ1n) is 17.3. The molecular weight excluding hydrogens is 946 g/mol. The molecule has 1 aromatic heterocycles. The van der Waals surface area contributed by atoms with E-state index in [9.17, 15) is 38.9 Å². The Balaban J connectivity index is 1.52. The van der Waals surface area contributed by atoms with E-state index in [1.165, 1.54) is 24.3 Å². The van der Waals surface area contributed by atoms with Crippen LogP contribution in [-0.2, 0) is 43.2 Å². The minimum Gasteiger partial charge on any atom is -0.493 e. The summed E-state index contributed by atoms with van der Waals surface area (Å²) in [4.78, 5) is 12.8. The van der Waals surface area contributed by atoms with E-state index < -0.39 is 53.4 Å². The van der Waals surface area contributed by atoms with Crippen LogP contribution in [0.2, 0.25) is 20.1 Å². The molecule has 0 saturated heterocycles. The van der Waals surface area contributed by atoms with Crippen LogP contribution in [0.4, 0.5) is 28.7 Å². The third-order valence-electron chi connectivity index (χ3n) is 7.79. The highest BCUT2D eigenvalue weighted by Gasteiger charge is 2.19. The van der Waals surface area contributed by atoms with Crippen LogP contribution in [0.5, 0.6) is 11.5 Å². The number of hydrogen-bond donors (Lipinski definition) is 4. The van der Waals surface area contributed by atoms with Gasteiger partial charge in [-0.15, -0.1) is 10.2 Å². The minimum atomic E-state index is -4.70. The Morgan fingerprint density at radius 1 is 0.623 bits per heavy atom. The van der Waals surface area contributed by atoms with Crippen LogP contribution in [-0.4, -0.2) is 85.1 Å². The van der Waals surface area contributed by atoms with Crippen LogP contribution < -0.4 is 14.8 Å². The molecule has 0 radical (unpaired) electrons. The molecule has 26 heteroatoms. The highest BCUT2D eigenvalue weighted by molar-refractivity contribution is 7.86. The van der Waals surface area contributed by atoms with Crippen LogP contribution in [0.15, 0.2) is 92.1 Å². The molecule has 0 atom stereocenters. The minimum absolute atomic E-state index is 0.00600. The third-order valence-corrected chi connectivity index (χ3v) is 11.4. The standard InChI is InChI=1S/C35H32Cl4N8O11S3/c1-2-57-30-18-28(46-44-23-5-3-22(36)4-6-23)26(38)13-20(30)15-33-41-34(43-35(42-33)40-9-11-59(48,49)50)16-21-14-27(39)29(19-31(21)58-10-12-60(51,52)53)47-45-24-7-8-25(37)32(17-24)61(54,55)56/h3-8,13-14,17-19H,2,9-12,15-16H2,1H3,(H,48,49,50)(H,51,52,53)(H,54,55,56)(H,40,41,42,43). The number of hydrogen-bond acceptors (Lipinski definition) is 16. The van der Waals surface area contributed by atoms with Gasteiger partial charge in [0.1, 0.15) is 51.8 Å². The topological polar surface area (TPSA) is 282 Å². The van der Waals surface area contributed by atoms with Gasteiger partial charge in [-0.25, -0.2) is 4.98 Å². The molecule has 5 aromatic rings. The summed E-state index contributed by atoms with van der Waals surface area (Å²) in [5.74, 6) is -0.973. The van der Waals surface area contributed by atoms with Gasteiger partial charge in [0.25, 0.3) is 30.4 Å². The maximum atomic E-state index is 11.7. The maximum absolute atomic E-state index is 11.7. The zero-order chi connectivity index (χ0) is 44.5. The van der Waals surface area contributed by atoms with E-state index in [0.717, 1.165) is 6.07 Å². The molecule has 0 aliphatic carbocycles. The maximum Gasteiger partial charge on any atom is 0.296 e. The summed E-state index contributed by atoms with van der Waals surface area (Å²) in [6.07, 6.45) is -0.174. The van der Waals surface area contributed by atoms with E-state index in [-0.39, 0.29) is 81.3 Å². The van der Waals surface area contributed by atoms with E-state index in [4.69, 9.17) is 55.9 Å². The molecule has 0 fully saturated rings. The predicted octanol–water partition coefficient (Wildman–Crippen LogP) is 8.71. The lowest BCUT2D eigenvalue weighted by Gasteiger charge is -2.15. The first-order chi connectivity index (χ1) is 28.7. The summed E-state index contributed by atoms with van der Waals surface area (Å²) in [6, 6.07) is 16.0. The van der Waals surface area contributed by atoms with E-state index in [1.807, 2.05) is 0 Å². The Morgan fingerprint density at radius 3 is 1.67 bits per heavy atom. The van der Waals surface area contributed by atoms with Crippen molar-refractivity contribution in [1.29, 1.82) is 0 Å². The van der Waals surface area contributed by atoms with Crippen LogP contribution in [0, 0.1) is 0 Å². The van der Waals surface area contributed by atoms with E-state index >= 15 is 0 Å². The summed E-state index contributed by atoms with van der Waals surface area (Å²) in [6.45, 7) is 1.21. The van der Waals surface area contributed by atoms with Gasteiger partial charge < -0.3 is 14.8 Å². The van der Waals surface area contributed by atoms with Crippen molar-refractivity contribution in [1.82, 2.24) is 15.0 Å². The van der Waals surface area contributed by atoms with Gasteiger partial charge in [0.15, 0.2) is 0 Å². The lowest BCUT2D eigenvalue weighted by Crippen LogP contribution is -2.18. The van der Waals surface area contributed by atoms with Gasteiger partial charge in [-0.1, -0.05) is 46.4 Å². The van der Waals surface area contributed by atoms with Gasteiger partial charge in [0.2, 0.25) is 5.95 Å². The van der Waals surface area contributed by atoms with Crippen molar-refractivity contribution in [3.8, 4) is 11.5 Å². The zero-order valence-corrected chi connectivity index (χ0v) is 36.7. The van der Waals surface area contributed by atoms with Crippen LogP contribution in [0.25, 0.3) is 0 Å². The number of nitrogens with one attached hydrogen (secondary N) is 1. The monoisotopic (exact) mass is 976 g/mol. The average Bonchev–Trinajstić information content (AvgIpc) is 3.15. The van der Waals surface area contributed by atoms with Crippen LogP contribution in [0.1, 0.15) is 29.7 Å². The largest absolute Gasteiger partial charge is 0.493 e. The molecular formula is C35H32Cl4N8O11S3. The number of halogens is 4. The predicted molar refractivity (Wildman–Crippen MR) is 227 cm³/mol. The fourth-order valence-electron chi connectivity index (χ4n) is 5.10. The second-order valence-corrected chi connectivity index (χ2v) is 18.6. The van der Waals surface area contributed by atoms with Gasteiger partial charge in [0.05, 0.1) is 38.8 Å². The zero-order valence-electron chi connectivity index (χ0n) is 31.3. The van der Waals surface area contributed by atoms with Gasteiger partial charge in [-0.2, -0.15) is 45.4 Å². The van der Waals surface area contributed by atoms with Gasteiger partial charge in [-0.05, 0) is 61.5 Å². The first kappa shape index (κ1) is 47.4. The van der Waals surface area contributed by atoms with Crippen LogP contribution >= 0.6 is 46.4 Å². The van der Waals surface area contributed by atoms with Gasteiger partial charge >= 0.3 is 0 Å². The molecule has 1 heterocycles. The van der Waals surface area contributed by atoms with Gasteiger partial charge in [0, 0.05) is 47.7 Å². The lowest BCUT2D eigenvalue weighted by atomic mass is 10.1. The Morgan fingerprint density at radius 2 is 1.15 bits per heavy atom. The molecule has 0 amide bonds. The molecule has 19 nitrogen and oxygen atoms in total. The van der Waals surface area contributed by atoms with E-state index in [0.29, 0.717) is 27.7 Å². The number of ether oxygens (including phenoxy) is 2. The Kier molecular flexibility index (Phi) is 15.9. The molecule has 0 aliphatic heterocycles. The van der Waals surface area contributed by atoms with Crippen molar-refractivity contribution in [2.45, 2.75) is 24.7 Å². The van der Waals surface area contributed by atoms with Crippen molar-refractivity contribution < 1.29 is 48.4 Å². The average molecular weight is 979 g/mol. The molecule has 0 bridgehead atoms. The molecule has 0 aliphatic rings. The normalized spacial score (nSPS) is 12.3.